The molecule has 0 radical (unpaired) electrons. The Morgan fingerprint density at radius 1 is 0.903 bits per heavy atom. The van der Waals surface area contributed by atoms with Crippen molar-refractivity contribution < 1.29 is 0 Å². The molecule has 5 nitrogen and oxygen atoms in total. The minimum absolute atomic E-state index is 0.0287. The third-order valence-electron chi connectivity index (χ3n) is 5.71. The van der Waals surface area contributed by atoms with Gasteiger partial charge in [-0.25, -0.2) is 0 Å². The second-order valence-electron chi connectivity index (χ2n) is 7.67. The van der Waals surface area contributed by atoms with Gasteiger partial charge in [-0.3, -0.25) is 9.97 Å². The van der Waals surface area contributed by atoms with Gasteiger partial charge in [0, 0.05) is 30.0 Å². The van der Waals surface area contributed by atoms with Gasteiger partial charge in [0.1, 0.15) is 0 Å². The first kappa shape index (κ1) is 19.5. The number of aromatic nitrogens is 3. The van der Waals surface area contributed by atoms with Crippen molar-refractivity contribution in [2.75, 3.05) is 0 Å². The van der Waals surface area contributed by atoms with Gasteiger partial charge in [0.05, 0.1) is 30.0 Å². The van der Waals surface area contributed by atoms with Crippen molar-refractivity contribution in [3.8, 4) is 5.69 Å². The van der Waals surface area contributed by atoms with Crippen molar-refractivity contribution in [3.05, 3.63) is 114 Å². The summed E-state index contributed by atoms with van der Waals surface area (Å²) < 4.78 is 2.26. The fourth-order valence-corrected chi connectivity index (χ4v) is 4.56. The van der Waals surface area contributed by atoms with Gasteiger partial charge in [0.2, 0.25) is 0 Å². The van der Waals surface area contributed by atoms with Gasteiger partial charge < -0.3 is 14.8 Å². The summed E-state index contributed by atoms with van der Waals surface area (Å²) in [5.74, 6) is 0. The van der Waals surface area contributed by atoms with Gasteiger partial charge in [-0.2, -0.15) is 0 Å². The van der Waals surface area contributed by atoms with E-state index in [1.807, 2.05) is 42.7 Å². The van der Waals surface area contributed by atoms with E-state index in [9.17, 15) is 0 Å². The van der Waals surface area contributed by atoms with Crippen LogP contribution in [0.15, 0.2) is 91.4 Å². The van der Waals surface area contributed by atoms with E-state index in [4.69, 9.17) is 12.2 Å². The van der Waals surface area contributed by atoms with Crippen LogP contribution in [0.25, 0.3) is 5.69 Å². The zero-order valence-corrected chi connectivity index (χ0v) is 18.0. The highest BCUT2D eigenvalue weighted by atomic mass is 32.1. The summed E-state index contributed by atoms with van der Waals surface area (Å²) in [6.07, 6.45) is 5.77. The molecule has 31 heavy (non-hydrogen) atoms. The van der Waals surface area contributed by atoms with Crippen LogP contribution in [0.3, 0.4) is 0 Å². The quantitative estimate of drug-likeness (QED) is 0.468. The summed E-state index contributed by atoms with van der Waals surface area (Å²) in [4.78, 5) is 11.4. The summed E-state index contributed by atoms with van der Waals surface area (Å²) in [6, 6.07) is 24.6. The van der Waals surface area contributed by atoms with Crippen LogP contribution in [-0.2, 0) is 6.54 Å². The lowest BCUT2D eigenvalue weighted by molar-refractivity contribution is 0.299. The van der Waals surface area contributed by atoms with Crippen LogP contribution in [0.2, 0.25) is 0 Å². The fourth-order valence-electron chi connectivity index (χ4n) is 4.25. The molecule has 1 aliphatic heterocycles. The van der Waals surface area contributed by atoms with Crippen molar-refractivity contribution in [1.29, 1.82) is 0 Å². The predicted molar refractivity (Wildman–Crippen MR) is 126 cm³/mol. The van der Waals surface area contributed by atoms with Crippen molar-refractivity contribution in [1.82, 2.24) is 24.8 Å². The molecule has 0 aliphatic carbocycles. The van der Waals surface area contributed by atoms with Gasteiger partial charge in [-0.05, 0) is 67.2 Å². The fraction of sp³-hybridized carbons (Fsp3) is 0.160. The first-order valence-electron chi connectivity index (χ1n) is 10.3. The Morgan fingerprint density at radius 2 is 1.68 bits per heavy atom. The molecule has 6 heteroatoms. The summed E-state index contributed by atoms with van der Waals surface area (Å²) in [5, 5.41) is 4.24. The lowest BCUT2D eigenvalue weighted by Gasteiger charge is -2.29. The van der Waals surface area contributed by atoms with Crippen LogP contribution in [0.4, 0.5) is 0 Å². The monoisotopic (exact) mass is 425 g/mol. The van der Waals surface area contributed by atoms with Crippen LogP contribution in [-0.4, -0.2) is 24.5 Å². The summed E-state index contributed by atoms with van der Waals surface area (Å²) in [6.45, 7) is 2.76. The second kappa shape index (κ2) is 8.32. The molecule has 1 N–H and O–H groups in total. The molecule has 4 heterocycles. The first-order valence-corrected chi connectivity index (χ1v) is 10.7. The van der Waals surface area contributed by atoms with Crippen molar-refractivity contribution in [2.24, 2.45) is 0 Å². The predicted octanol–water partition coefficient (Wildman–Crippen LogP) is 4.75. The maximum Gasteiger partial charge on any atom is 0.170 e. The molecule has 2 unspecified atom stereocenters. The van der Waals surface area contributed by atoms with E-state index in [-0.39, 0.29) is 12.1 Å². The second-order valence-corrected chi connectivity index (χ2v) is 8.05. The largest absolute Gasteiger partial charge is 0.352 e. The molecule has 1 fully saturated rings. The highest BCUT2D eigenvalue weighted by Gasteiger charge is 2.41. The molecule has 1 aliphatic rings. The lowest BCUT2D eigenvalue weighted by atomic mass is 10.0. The van der Waals surface area contributed by atoms with E-state index >= 15 is 0 Å². The third kappa shape index (κ3) is 3.70. The number of para-hydroxylation sites is 1. The molecule has 1 saturated heterocycles. The molecular formula is C25H23N5S. The van der Waals surface area contributed by atoms with Crippen LogP contribution < -0.4 is 5.32 Å². The van der Waals surface area contributed by atoms with E-state index in [2.05, 4.69) is 80.3 Å². The molecular weight excluding hydrogens is 402 g/mol. The Bertz CT molecular complexity index is 1190. The van der Waals surface area contributed by atoms with Gasteiger partial charge in [-0.15, -0.1) is 0 Å². The molecule has 154 valence electrons. The number of benzene rings is 1. The van der Waals surface area contributed by atoms with Crippen molar-refractivity contribution in [2.45, 2.75) is 25.6 Å². The maximum atomic E-state index is 5.80. The zero-order valence-electron chi connectivity index (χ0n) is 17.2. The molecule has 0 spiro atoms. The molecule has 2 atom stereocenters. The number of hydrogen-bond acceptors (Lipinski definition) is 3. The van der Waals surface area contributed by atoms with E-state index in [0.717, 1.165) is 22.8 Å². The molecule has 5 rings (SSSR count). The third-order valence-corrected chi connectivity index (χ3v) is 6.07. The maximum absolute atomic E-state index is 5.80. The Hall–Kier alpha value is -3.51. The molecule has 0 bridgehead atoms. The van der Waals surface area contributed by atoms with Gasteiger partial charge >= 0.3 is 0 Å². The summed E-state index contributed by atoms with van der Waals surface area (Å²) in [7, 11) is 0. The first-order chi connectivity index (χ1) is 15.2. The number of pyridine rings is 2. The van der Waals surface area contributed by atoms with Gasteiger partial charge in [-0.1, -0.05) is 30.3 Å². The molecule has 3 aromatic heterocycles. The number of nitrogens with one attached hydrogen (secondary N) is 1. The van der Waals surface area contributed by atoms with Crippen LogP contribution >= 0.6 is 12.2 Å². The minimum Gasteiger partial charge on any atom is -0.352 e. The molecule has 1 aromatic carbocycles. The van der Waals surface area contributed by atoms with Crippen LogP contribution in [0.1, 0.15) is 34.7 Å². The minimum atomic E-state index is -0.0601. The average molecular weight is 426 g/mol. The van der Waals surface area contributed by atoms with Crippen LogP contribution in [0, 0.1) is 6.92 Å². The van der Waals surface area contributed by atoms with Gasteiger partial charge in [0.15, 0.2) is 5.11 Å². The van der Waals surface area contributed by atoms with E-state index in [1.165, 1.54) is 5.56 Å². The zero-order chi connectivity index (χ0) is 21.2. The number of aryl methyl sites for hydroxylation is 1. The molecule has 4 aromatic rings. The Labute approximate surface area is 187 Å². The number of rotatable bonds is 5. The standard InChI is InChI=1S/C25H23N5S/c1-18-9-2-3-12-21(18)29-16-8-13-22(29)24-23(20-11-5-7-15-27-20)28-25(31)30(24)17-19-10-4-6-14-26-19/h2-16,23-24H,17H2,1H3,(H,28,31). The van der Waals surface area contributed by atoms with E-state index in [0.29, 0.717) is 11.7 Å². The van der Waals surface area contributed by atoms with E-state index < -0.39 is 0 Å². The number of thiocarbonyl (C=S) groups is 1. The van der Waals surface area contributed by atoms with Crippen molar-refractivity contribution >= 4 is 17.3 Å². The van der Waals surface area contributed by atoms with Gasteiger partial charge in [0.25, 0.3) is 0 Å². The van der Waals surface area contributed by atoms with Crippen LogP contribution in [0.5, 0.6) is 0 Å². The SMILES string of the molecule is Cc1ccccc1-n1cccc1C1C(c2ccccn2)NC(=S)N1Cc1ccccn1. The molecule has 0 saturated carbocycles. The highest BCUT2D eigenvalue weighted by Crippen LogP contribution is 2.40. The van der Waals surface area contributed by atoms with E-state index in [1.54, 1.807) is 0 Å². The number of nitrogens with zero attached hydrogens (tertiary/aromatic N) is 4. The normalized spacial score (nSPS) is 18.2. The summed E-state index contributed by atoms with van der Waals surface area (Å²) >= 11 is 5.80. The number of hydrogen-bond donors (Lipinski definition) is 1. The Morgan fingerprint density at radius 3 is 2.42 bits per heavy atom. The van der Waals surface area contributed by atoms with Crippen molar-refractivity contribution in [3.63, 3.8) is 0 Å². The molecule has 0 amide bonds. The Balaban J connectivity index is 1.62. The summed E-state index contributed by atoms with van der Waals surface area (Å²) in [5.41, 5.74) is 5.49. The topological polar surface area (TPSA) is 46.0 Å². The smallest absolute Gasteiger partial charge is 0.170 e. The Kier molecular flexibility index (Phi) is 5.22. The average Bonchev–Trinajstić information content (AvgIpc) is 3.40. The highest BCUT2D eigenvalue weighted by molar-refractivity contribution is 7.80. The lowest BCUT2D eigenvalue weighted by Crippen LogP contribution is -2.30.